The van der Waals surface area contributed by atoms with Gasteiger partial charge in [0.05, 0.1) is 13.2 Å². The maximum atomic E-state index is 12.4. The molecule has 2 heterocycles. The summed E-state index contributed by atoms with van der Waals surface area (Å²) in [6.07, 6.45) is 0.842. The molecule has 128 valence electrons. The summed E-state index contributed by atoms with van der Waals surface area (Å²) in [7, 11) is 0. The highest BCUT2D eigenvalue weighted by Crippen LogP contribution is 2.26. The Morgan fingerprint density at radius 1 is 1.16 bits per heavy atom. The van der Waals surface area contributed by atoms with Crippen LogP contribution in [0.1, 0.15) is 15.9 Å². The van der Waals surface area contributed by atoms with Gasteiger partial charge in [0.1, 0.15) is 5.75 Å². The number of ether oxygens (including phenoxy) is 1. The van der Waals surface area contributed by atoms with Crippen LogP contribution in [0.2, 0.25) is 0 Å². The fourth-order valence-corrected chi connectivity index (χ4v) is 3.15. The van der Waals surface area contributed by atoms with Crippen molar-refractivity contribution in [2.75, 3.05) is 36.5 Å². The van der Waals surface area contributed by atoms with Crippen LogP contribution in [0.4, 0.5) is 11.4 Å². The molecular formula is C19H19N3O3. The molecule has 6 heteroatoms. The minimum Gasteiger partial charge on any atom is -0.493 e. The molecule has 0 radical (unpaired) electrons. The van der Waals surface area contributed by atoms with Crippen LogP contribution in [0.25, 0.3) is 0 Å². The van der Waals surface area contributed by atoms with Crippen molar-refractivity contribution in [1.82, 2.24) is 5.32 Å². The quantitative estimate of drug-likeness (QED) is 0.896. The van der Waals surface area contributed by atoms with Gasteiger partial charge in [-0.1, -0.05) is 0 Å². The van der Waals surface area contributed by atoms with E-state index < -0.39 is 0 Å². The summed E-state index contributed by atoms with van der Waals surface area (Å²) in [6.45, 7) is 2.48. The molecule has 6 nitrogen and oxygen atoms in total. The van der Waals surface area contributed by atoms with Crippen LogP contribution in [-0.4, -0.2) is 38.1 Å². The highest BCUT2D eigenvalue weighted by molar-refractivity contribution is 6.04. The number of nitrogens with zero attached hydrogens (tertiary/aromatic N) is 1. The SMILES string of the molecule is O=C1CN(c2ccc(NC(=O)c3ccc4c(c3)CCO4)cc2)CCN1. The topological polar surface area (TPSA) is 70.7 Å². The van der Waals surface area contributed by atoms with Crippen LogP contribution >= 0.6 is 0 Å². The Morgan fingerprint density at radius 2 is 2.00 bits per heavy atom. The Hall–Kier alpha value is -3.02. The summed E-state index contributed by atoms with van der Waals surface area (Å²) < 4.78 is 5.47. The van der Waals surface area contributed by atoms with E-state index in [0.717, 1.165) is 35.7 Å². The van der Waals surface area contributed by atoms with Crippen molar-refractivity contribution in [3.8, 4) is 5.75 Å². The Labute approximate surface area is 145 Å². The summed E-state index contributed by atoms with van der Waals surface area (Å²) >= 11 is 0. The van der Waals surface area contributed by atoms with Crippen molar-refractivity contribution >= 4 is 23.2 Å². The van der Waals surface area contributed by atoms with E-state index in [9.17, 15) is 9.59 Å². The molecule has 1 saturated heterocycles. The zero-order valence-corrected chi connectivity index (χ0v) is 13.7. The molecule has 2 aromatic carbocycles. The molecule has 0 atom stereocenters. The van der Waals surface area contributed by atoms with Crippen LogP contribution in [0.5, 0.6) is 5.75 Å². The van der Waals surface area contributed by atoms with Gasteiger partial charge in [0.2, 0.25) is 5.91 Å². The van der Waals surface area contributed by atoms with Crippen LogP contribution in [0, 0.1) is 0 Å². The van der Waals surface area contributed by atoms with Gasteiger partial charge < -0.3 is 20.3 Å². The summed E-state index contributed by atoms with van der Waals surface area (Å²) in [6, 6.07) is 13.1. The van der Waals surface area contributed by atoms with Crippen LogP contribution < -0.4 is 20.3 Å². The predicted molar refractivity (Wildman–Crippen MR) is 95.3 cm³/mol. The minimum absolute atomic E-state index is 0.0317. The van der Waals surface area contributed by atoms with Crippen molar-refractivity contribution in [2.24, 2.45) is 0 Å². The van der Waals surface area contributed by atoms with E-state index in [-0.39, 0.29) is 11.8 Å². The van der Waals surface area contributed by atoms with E-state index >= 15 is 0 Å². The molecule has 25 heavy (non-hydrogen) atoms. The molecule has 0 aliphatic carbocycles. The standard InChI is InChI=1S/C19H19N3O3/c23-18-12-22(9-8-20-18)16-4-2-15(3-5-16)21-19(24)14-1-6-17-13(11-14)7-10-25-17/h1-6,11H,7-10,12H2,(H,20,23)(H,21,24). The number of benzene rings is 2. The number of carbonyl (C=O) groups excluding carboxylic acids is 2. The fourth-order valence-electron chi connectivity index (χ4n) is 3.15. The van der Waals surface area contributed by atoms with Gasteiger partial charge in [-0.2, -0.15) is 0 Å². The molecule has 0 saturated carbocycles. The van der Waals surface area contributed by atoms with Gasteiger partial charge in [-0.15, -0.1) is 0 Å². The van der Waals surface area contributed by atoms with Crippen LogP contribution in [0.3, 0.4) is 0 Å². The first-order valence-corrected chi connectivity index (χ1v) is 8.38. The smallest absolute Gasteiger partial charge is 0.255 e. The summed E-state index contributed by atoms with van der Waals surface area (Å²) in [4.78, 5) is 25.9. The summed E-state index contributed by atoms with van der Waals surface area (Å²) in [5.41, 5.74) is 3.40. The Kier molecular flexibility index (Phi) is 4.01. The monoisotopic (exact) mass is 337 g/mol. The molecule has 2 N–H and O–H groups in total. The van der Waals surface area contributed by atoms with E-state index in [1.807, 2.05) is 41.3 Å². The van der Waals surface area contributed by atoms with Crippen molar-refractivity contribution in [3.63, 3.8) is 0 Å². The molecule has 2 aromatic rings. The van der Waals surface area contributed by atoms with Gasteiger partial charge in [-0.05, 0) is 48.0 Å². The van der Waals surface area contributed by atoms with Crippen LogP contribution in [0.15, 0.2) is 42.5 Å². The van der Waals surface area contributed by atoms with E-state index in [1.165, 1.54) is 0 Å². The molecule has 0 unspecified atom stereocenters. The first-order valence-electron chi connectivity index (χ1n) is 8.38. The zero-order valence-electron chi connectivity index (χ0n) is 13.7. The molecule has 0 spiro atoms. The van der Waals surface area contributed by atoms with Gasteiger partial charge in [-0.25, -0.2) is 0 Å². The number of hydrogen-bond acceptors (Lipinski definition) is 4. The highest BCUT2D eigenvalue weighted by Gasteiger charge is 2.17. The number of fused-ring (bicyclic) bond motifs is 1. The first kappa shape index (κ1) is 15.5. The lowest BCUT2D eigenvalue weighted by Gasteiger charge is -2.28. The van der Waals surface area contributed by atoms with Gasteiger partial charge in [0.15, 0.2) is 0 Å². The predicted octanol–water partition coefficient (Wildman–Crippen LogP) is 1.81. The molecule has 1 fully saturated rings. The van der Waals surface area contributed by atoms with Gasteiger partial charge in [0, 0.05) is 36.4 Å². The van der Waals surface area contributed by atoms with E-state index in [1.54, 1.807) is 6.07 Å². The average Bonchev–Trinajstić information content (AvgIpc) is 3.10. The third-order valence-corrected chi connectivity index (χ3v) is 4.48. The zero-order chi connectivity index (χ0) is 17.2. The number of rotatable bonds is 3. The van der Waals surface area contributed by atoms with E-state index in [0.29, 0.717) is 25.3 Å². The number of anilines is 2. The van der Waals surface area contributed by atoms with Crippen LogP contribution in [-0.2, 0) is 11.2 Å². The minimum atomic E-state index is -0.139. The summed E-state index contributed by atoms with van der Waals surface area (Å²) in [5, 5.41) is 5.72. The number of carbonyl (C=O) groups is 2. The third-order valence-electron chi connectivity index (χ3n) is 4.48. The maximum Gasteiger partial charge on any atom is 0.255 e. The van der Waals surface area contributed by atoms with Gasteiger partial charge >= 0.3 is 0 Å². The Morgan fingerprint density at radius 3 is 2.80 bits per heavy atom. The molecule has 0 aromatic heterocycles. The number of hydrogen-bond donors (Lipinski definition) is 2. The average molecular weight is 337 g/mol. The normalized spacial score (nSPS) is 16.0. The number of piperazine rings is 1. The van der Waals surface area contributed by atoms with Crippen molar-refractivity contribution in [3.05, 3.63) is 53.6 Å². The maximum absolute atomic E-state index is 12.4. The van der Waals surface area contributed by atoms with E-state index in [4.69, 9.17) is 4.74 Å². The Balaban J connectivity index is 1.44. The number of nitrogens with one attached hydrogen (secondary N) is 2. The lowest BCUT2D eigenvalue weighted by atomic mass is 10.1. The lowest BCUT2D eigenvalue weighted by molar-refractivity contribution is -0.120. The van der Waals surface area contributed by atoms with Crippen molar-refractivity contribution in [2.45, 2.75) is 6.42 Å². The van der Waals surface area contributed by atoms with Crippen molar-refractivity contribution in [1.29, 1.82) is 0 Å². The van der Waals surface area contributed by atoms with E-state index in [2.05, 4.69) is 10.6 Å². The second kappa shape index (κ2) is 6.47. The Bertz CT molecular complexity index is 817. The number of amides is 2. The van der Waals surface area contributed by atoms with Gasteiger partial charge in [0.25, 0.3) is 5.91 Å². The van der Waals surface area contributed by atoms with Crippen molar-refractivity contribution < 1.29 is 14.3 Å². The second-order valence-electron chi connectivity index (χ2n) is 6.19. The largest absolute Gasteiger partial charge is 0.493 e. The molecule has 2 amide bonds. The molecule has 2 aliphatic rings. The lowest BCUT2D eigenvalue weighted by Crippen LogP contribution is -2.47. The highest BCUT2D eigenvalue weighted by atomic mass is 16.5. The molecule has 4 rings (SSSR count). The molecule has 2 aliphatic heterocycles. The first-order chi connectivity index (χ1) is 12.2. The van der Waals surface area contributed by atoms with Gasteiger partial charge in [-0.3, -0.25) is 9.59 Å². The fraction of sp³-hybridized carbons (Fsp3) is 0.263. The second-order valence-corrected chi connectivity index (χ2v) is 6.19. The third kappa shape index (κ3) is 3.28. The molecule has 0 bridgehead atoms. The summed E-state index contributed by atoms with van der Waals surface area (Å²) in [5.74, 6) is 0.760. The molecular weight excluding hydrogens is 318 g/mol.